The van der Waals surface area contributed by atoms with E-state index in [0.29, 0.717) is 17.2 Å². The van der Waals surface area contributed by atoms with Crippen molar-refractivity contribution in [2.45, 2.75) is 32.7 Å². The molecule has 2 heterocycles. The number of aromatic nitrogens is 4. The number of nitrogen functional groups attached to an aromatic ring is 1. The van der Waals surface area contributed by atoms with Crippen LogP contribution in [0.4, 0.5) is 5.82 Å². The van der Waals surface area contributed by atoms with Crippen molar-refractivity contribution >= 4 is 11.7 Å². The molecule has 0 bridgehead atoms. The van der Waals surface area contributed by atoms with Gasteiger partial charge in [-0.05, 0) is 25.0 Å². The largest absolute Gasteiger partial charge is 0.384 e. The summed E-state index contributed by atoms with van der Waals surface area (Å²) in [6.07, 6.45) is 1.60. The summed E-state index contributed by atoms with van der Waals surface area (Å²) in [5, 5.41) is 10.7. The van der Waals surface area contributed by atoms with Crippen molar-refractivity contribution in [2.24, 2.45) is 7.05 Å². The number of nitrogens with two attached hydrogens (primary N) is 1. The fourth-order valence-corrected chi connectivity index (χ4v) is 2.03. The number of carbonyl (C=O) groups is 1. The van der Waals surface area contributed by atoms with Gasteiger partial charge in [-0.25, -0.2) is 4.98 Å². The molecule has 7 heteroatoms. The molecular weight excluding hydrogens is 268 g/mol. The Kier molecular flexibility index (Phi) is 4.21. The van der Waals surface area contributed by atoms with Crippen molar-refractivity contribution in [3.05, 3.63) is 35.5 Å². The number of aryl methyl sites for hydroxylation is 1. The average molecular weight is 288 g/mol. The smallest absolute Gasteiger partial charge is 0.252 e. The number of anilines is 1. The van der Waals surface area contributed by atoms with Crippen LogP contribution in [0.25, 0.3) is 0 Å². The molecule has 2 rings (SSSR count). The van der Waals surface area contributed by atoms with Gasteiger partial charge >= 0.3 is 0 Å². The first kappa shape index (κ1) is 15.0. The second-order valence-corrected chi connectivity index (χ2v) is 5.36. The quantitative estimate of drug-likeness (QED) is 0.886. The second-order valence-electron chi connectivity index (χ2n) is 5.36. The molecule has 0 fully saturated rings. The van der Waals surface area contributed by atoms with Crippen LogP contribution in [0, 0.1) is 0 Å². The summed E-state index contributed by atoms with van der Waals surface area (Å²) in [6, 6.07) is 3.09. The normalized spacial score (nSPS) is 12.4. The van der Waals surface area contributed by atoms with Crippen molar-refractivity contribution in [1.82, 2.24) is 25.1 Å². The molecule has 3 N–H and O–H groups in total. The number of hydrogen-bond donors (Lipinski definition) is 2. The van der Waals surface area contributed by atoms with Crippen LogP contribution in [0.5, 0.6) is 0 Å². The van der Waals surface area contributed by atoms with Crippen LogP contribution in [-0.4, -0.2) is 25.7 Å². The Morgan fingerprint density at radius 2 is 2.05 bits per heavy atom. The Bertz CT molecular complexity index is 649. The van der Waals surface area contributed by atoms with Gasteiger partial charge in [0.2, 0.25) is 0 Å². The van der Waals surface area contributed by atoms with Gasteiger partial charge in [0.1, 0.15) is 12.1 Å². The molecule has 0 saturated heterocycles. The number of rotatable bonds is 4. The molecule has 7 nitrogen and oxygen atoms in total. The Morgan fingerprint density at radius 1 is 1.33 bits per heavy atom. The van der Waals surface area contributed by atoms with Crippen LogP contribution in [0.15, 0.2) is 18.5 Å². The maximum absolute atomic E-state index is 12.3. The third-order valence-corrected chi connectivity index (χ3v) is 3.20. The monoisotopic (exact) mass is 288 g/mol. The van der Waals surface area contributed by atoms with Crippen LogP contribution in [0.1, 0.15) is 54.6 Å². The van der Waals surface area contributed by atoms with Crippen molar-refractivity contribution in [3.8, 4) is 0 Å². The highest BCUT2D eigenvalue weighted by Crippen LogP contribution is 2.17. The van der Waals surface area contributed by atoms with Crippen LogP contribution in [-0.2, 0) is 7.05 Å². The molecule has 0 spiro atoms. The first-order chi connectivity index (χ1) is 9.88. The van der Waals surface area contributed by atoms with E-state index in [-0.39, 0.29) is 17.9 Å². The molecule has 2 aromatic heterocycles. The minimum absolute atomic E-state index is 0.205. The van der Waals surface area contributed by atoms with Gasteiger partial charge in [0.05, 0.1) is 6.04 Å². The van der Waals surface area contributed by atoms with Gasteiger partial charge in [-0.15, -0.1) is 10.2 Å². The molecule has 0 aliphatic carbocycles. The SMILES string of the molecule is CC(C)c1cc(C(=O)NC(C)c2nncn2C)cc(N)n1. The van der Waals surface area contributed by atoms with Gasteiger partial charge in [0.15, 0.2) is 5.82 Å². The Balaban J connectivity index is 2.19. The van der Waals surface area contributed by atoms with E-state index in [2.05, 4.69) is 20.5 Å². The Morgan fingerprint density at radius 3 is 2.62 bits per heavy atom. The van der Waals surface area contributed by atoms with Crippen LogP contribution in [0.2, 0.25) is 0 Å². The van der Waals surface area contributed by atoms with Gasteiger partial charge in [-0.1, -0.05) is 13.8 Å². The maximum atomic E-state index is 12.3. The van der Waals surface area contributed by atoms with Crippen molar-refractivity contribution in [1.29, 1.82) is 0 Å². The summed E-state index contributed by atoms with van der Waals surface area (Å²) in [6.45, 7) is 5.87. The van der Waals surface area contributed by atoms with Gasteiger partial charge in [-0.2, -0.15) is 0 Å². The molecule has 0 aliphatic rings. The van der Waals surface area contributed by atoms with E-state index < -0.39 is 0 Å². The molecule has 0 aromatic carbocycles. The van der Waals surface area contributed by atoms with Crippen LogP contribution >= 0.6 is 0 Å². The van der Waals surface area contributed by atoms with E-state index >= 15 is 0 Å². The number of amides is 1. The summed E-state index contributed by atoms with van der Waals surface area (Å²) in [5.74, 6) is 1.03. The molecule has 112 valence electrons. The fraction of sp³-hybridized carbons (Fsp3) is 0.429. The minimum atomic E-state index is -0.248. The summed E-state index contributed by atoms with van der Waals surface area (Å²) in [4.78, 5) is 16.6. The zero-order chi connectivity index (χ0) is 15.6. The molecule has 0 radical (unpaired) electrons. The Labute approximate surface area is 123 Å². The lowest BCUT2D eigenvalue weighted by atomic mass is 10.1. The highest BCUT2D eigenvalue weighted by Gasteiger charge is 2.17. The molecule has 1 amide bonds. The van der Waals surface area contributed by atoms with E-state index in [1.54, 1.807) is 23.0 Å². The molecule has 1 atom stereocenters. The molecule has 0 saturated carbocycles. The van der Waals surface area contributed by atoms with Crippen LogP contribution < -0.4 is 11.1 Å². The van der Waals surface area contributed by atoms with E-state index in [1.165, 1.54) is 0 Å². The lowest BCUT2D eigenvalue weighted by molar-refractivity contribution is 0.0937. The first-order valence-corrected chi connectivity index (χ1v) is 6.80. The average Bonchev–Trinajstić information content (AvgIpc) is 2.84. The van der Waals surface area contributed by atoms with Gasteiger partial charge in [-0.3, -0.25) is 4.79 Å². The van der Waals surface area contributed by atoms with E-state index in [4.69, 9.17) is 5.73 Å². The Hall–Kier alpha value is -2.44. The number of hydrogen-bond acceptors (Lipinski definition) is 5. The highest BCUT2D eigenvalue weighted by atomic mass is 16.1. The molecule has 21 heavy (non-hydrogen) atoms. The van der Waals surface area contributed by atoms with Crippen molar-refractivity contribution in [2.75, 3.05) is 5.73 Å². The standard InChI is InChI=1S/C14H20N6O/c1-8(2)11-5-10(6-12(15)18-11)14(21)17-9(3)13-19-16-7-20(13)4/h5-9H,1-4H3,(H2,15,18)(H,17,21). The molecular formula is C14H20N6O. The lowest BCUT2D eigenvalue weighted by Crippen LogP contribution is -2.28. The molecule has 2 aromatic rings. The number of carbonyl (C=O) groups excluding carboxylic acids is 1. The second kappa shape index (κ2) is 5.90. The predicted octanol–water partition coefficient (Wildman–Crippen LogP) is 1.41. The molecule has 1 unspecified atom stereocenters. The zero-order valence-electron chi connectivity index (χ0n) is 12.7. The number of nitrogens with one attached hydrogen (secondary N) is 1. The van der Waals surface area contributed by atoms with Gasteiger partial charge in [0.25, 0.3) is 5.91 Å². The topological polar surface area (TPSA) is 98.7 Å². The number of pyridine rings is 1. The van der Waals surface area contributed by atoms with Gasteiger partial charge < -0.3 is 15.6 Å². The summed E-state index contributed by atoms with van der Waals surface area (Å²) >= 11 is 0. The predicted molar refractivity (Wildman–Crippen MR) is 79.6 cm³/mol. The van der Waals surface area contributed by atoms with Crippen molar-refractivity contribution < 1.29 is 4.79 Å². The minimum Gasteiger partial charge on any atom is -0.384 e. The van der Waals surface area contributed by atoms with Gasteiger partial charge in [0, 0.05) is 18.3 Å². The van der Waals surface area contributed by atoms with Crippen LogP contribution in [0.3, 0.4) is 0 Å². The third kappa shape index (κ3) is 3.36. The summed E-state index contributed by atoms with van der Waals surface area (Å²) in [7, 11) is 1.83. The molecule has 0 aliphatic heterocycles. The number of nitrogens with zero attached hydrogens (tertiary/aromatic N) is 4. The van der Waals surface area contributed by atoms with E-state index in [0.717, 1.165) is 5.69 Å². The summed E-state index contributed by atoms with van der Waals surface area (Å²) in [5.41, 5.74) is 7.06. The fourth-order valence-electron chi connectivity index (χ4n) is 2.03. The maximum Gasteiger partial charge on any atom is 0.252 e. The summed E-state index contributed by atoms with van der Waals surface area (Å²) < 4.78 is 1.77. The third-order valence-electron chi connectivity index (χ3n) is 3.20. The first-order valence-electron chi connectivity index (χ1n) is 6.80. The van der Waals surface area contributed by atoms with E-state index in [9.17, 15) is 4.79 Å². The lowest BCUT2D eigenvalue weighted by Gasteiger charge is -2.14. The van der Waals surface area contributed by atoms with Crippen molar-refractivity contribution in [3.63, 3.8) is 0 Å². The highest BCUT2D eigenvalue weighted by molar-refractivity contribution is 5.95. The van der Waals surface area contributed by atoms with E-state index in [1.807, 2.05) is 27.8 Å². The zero-order valence-corrected chi connectivity index (χ0v) is 12.7.